The monoisotopic (exact) mass is 215 g/mol. The van der Waals surface area contributed by atoms with Crippen LogP contribution in [0, 0.1) is 6.07 Å². The fourth-order valence-electron chi connectivity index (χ4n) is 1.54. The quantitative estimate of drug-likeness (QED) is 0.691. The maximum Gasteiger partial charge on any atom is 0.242 e. The maximum atomic E-state index is 6.03. The Morgan fingerprint density at radius 3 is 2.53 bits per heavy atom. The second kappa shape index (κ2) is 3.70. The molecule has 0 N–H and O–H groups in total. The Labute approximate surface area is 91.8 Å². The SMILES string of the molecule is C[Si](C)(C)Oc1cc[c]c2ccccc12. The summed E-state index contributed by atoms with van der Waals surface area (Å²) < 4.78 is 6.03. The number of benzene rings is 2. The van der Waals surface area contributed by atoms with Gasteiger partial charge in [0.15, 0.2) is 0 Å². The van der Waals surface area contributed by atoms with E-state index in [1.165, 1.54) is 0 Å². The smallest absolute Gasteiger partial charge is 0.242 e. The Morgan fingerprint density at radius 1 is 1.07 bits per heavy atom. The molecule has 0 atom stereocenters. The predicted octanol–water partition coefficient (Wildman–Crippen LogP) is 3.85. The minimum absolute atomic E-state index is 0.989. The van der Waals surface area contributed by atoms with Gasteiger partial charge in [0.05, 0.1) is 0 Å². The number of fused-ring (bicyclic) bond motifs is 1. The molecule has 0 unspecified atom stereocenters. The van der Waals surface area contributed by atoms with Crippen LogP contribution in [0.3, 0.4) is 0 Å². The molecule has 15 heavy (non-hydrogen) atoms. The molecule has 2 aromatic rings. The first-order chi connectivity index (χ1) is 7.06. The standard InChI is InChI=1S/C13H15OSi/c1-15(2,3)14-13-10-6-8-11-7-4-5-9-12(11)13/h4-7,9-10H,1-3H3. The van der Waals surface area contributed by atoms with Crippen LogP contribution in [0.5, 0.6) is 5.75 Å². The van der Waals surface area contributed by atoms with E-state index >= 15 is 0 Å². The lowest BCUT2D eigenvalue weighted by Crippen LogP contribution is -2.29. The van der Waals surface area contributed by atoms with Gasteiger partial charge in [0, 0.05) is 5.39 Å². The Balaban J connectivity index is 2.52. The fraction of sp³-hybridized carbons (Fsp3) is 0.231. The van der Waals surface area contributed by atoms with Crippen molar-refractivity contribution in [2.45, 2.75) is 19.6 Å². The van der Waals surface area contributed by atoms with E-state index in [4.69, 9.17) is 4.43 Å². The maximum absolute atomic E-state index is 6.03. The Hall–Kier alpha value is -1.28. The summed E-state index contributed by atoms with van der Waals surface area (Å²) in [6.45, 7) is 6.58. The number of hydrogen-bond donors (Lipinski definition) is 0. The highest BCUT2D eigenvalue weighted by molar-refractivity contribution is 6.70. The van der Waals surface area contributed by atoms with Gasteiger partial charge in [0.2, 0.25) is 8.32 Å². The zero-order valence-electron chi connectivity index (χ0n) is 9.37. The van der Waals surface area contributed by atoms with E-state index in [1.807, 2.05) is 24.3 Å². The van der Waals surface area contributed by atoms with Gasteiger partial charge < -0.3 is 4.43 Å². The zero-order chi connectivity index (χ0) is 10.9. The van der Waals surface area contributed by atoms with Crippen LogP contribution in [0.15, 0.2) is 36.4 Å². The van der Waals surface area contributed by atoms with Crippen LogP contribution in [-0.2, 0) is 0 Å². The minimum Gasteiger partial charge on any atom is -0.544 e. The van der Waals surface area contributed by atoms with E-state index in [2.05, 4.69) is 37.8 Å². The topological polar surface area (TPSA) is 9.23 Å². The van der Waals surface area contributed by atoms with Gasteiger partial charge in [-0.3, -0.25) is 0 Å². The minimum atomic E-state index is -1.53. The van der Waals surface area contributed by atoms with Crippen molar-refractivity contribution >= 4 is 19.1 Å². The van der Waals surface area contributed by atoms with E-state index in [0.717, 1.165) is 16.5 Å². The van der Waals surface area contributed by atoms with E-state index in [-0.39, 0.29) is 0 Å². The van der Waals surface area contributed by atoms with E-state index < -0.39 is 8.32 Å². The molecule has 77 valence electrons. The van der Waals surface area contributed by atoms with Crippen LogP contribution < -0.4 is 4.43 Å². The third-order valence-electron chi connectivity index (χ3n) is 2.08. The lowest BCUT2D eigenvalue weighted by Gasteiger charge is -2.20. The Morgan fingerprint density at radius 2 is 1.80 bits per heavy atom. The largest absolute Gasteiger partial charge is 0.544 e. The molecule has 2 aromatic carbocycles. The second-order valence-electron chi connectivity index (χ2n) is 4.60. The third-order valence-corrected chi connectivity index (χ3v) is 2.91. The molecule has 1 radical (unpaired) electrons. The molecule has 0 saturated carbocycles. The first kappa shape index (κ1) is 10.2. The molecular formula is C13H15OSi. The van der Waals surface area contributed by atoms with Crippen molar-refractivity contribution in [3.63, 3.8) is 0 Å². The molecule has 0 aromatic heterocycles. The van der Waals surface area contributed by atoms with Crippen LogP contribution >= 0.6 is 0 Å². The first-order valence-corrected chi connectivity index (χ1v) is 8.55. The van der Waals surface area contributed by atoms with Crippen LogP contribution in [0.2, 0.25) is 19.6 Å². The van der Waals surface area contributed by atoms with Gasteiger partial charge in [0.25, 0.3) is 0 Å². The molecule has 0 aliphatic heterocycles. The summed E-state index contributed by atoms with van der Waals surface area (Å²) in [5.41, 5.74) is 0. The van der Waals surface area contributed by atoms with Crippen molar-refractivity contribution in [2.75, 3.05) is 0 Å². The van der Waals surface area contributed by atoms with Crippen LogP contribution in [0.4, 0.5) is 0 Å². The Kier molecular flexibility index (Phi) is 2.53. The van der Waals surface area contributed by atoms with Gasteiger partial charge in [-0.2, -0.15) is 0 Å². The molecule has 2 rings (SSSR count). The summed E-state index contributed by atoms with van der Waals surface area (Å²) in [5, 5.41) is 2.27. The fourth-order valence-corrected chi connectivity index (χ4v) is 2.38. The summed E-state index contributed by atoms with van der Waals surface area (Å²) >= 11 is 0. The van der Waals surface area contributed by atoms with Crippen molar-refractivity contribution in [2.24, 2.45) is 0 Å². The molecule has 0 spiro atoms. The van der Waals surface area contributed by atoms with Gasteiger partial charge in [-0.1, -0.05) is 30.3 Å². The van der Waals surface area contributed by atoms with Crippen LogP contribution in [-0.4, -0.2) is 8.32 Å². The van der Waals surface area contributed by atoms with Gasteiger partial charge in [-0.25, -0.2) is 0 Å². The summed E-state index contributed by atoms with van der Waals surface area (Å²) in [7, 11) is -1.53. The average molecular weight is 215 g/mol. The predicted molar refractivity (Wildman–Crippen MR) is 66.8 cm³/mol. The molecule has 2 heteroatoms. The van der Waals surface area contributed by atoms with Crippen molar-refractivity contribution < 1.29 is 4.43 Å². The van der Waals surface area contributed by atoms with Gasteiger partial charge in [-0.15, -0.1) is 0 Å². The van der Waals surface area contributed by atoms with E-state index in [9.17, 15) is 0 Å². The highest BCUT2D eigenvalue weighted by atomic mass is 28.4. The van der Waals surface area contributed by atoms with Crippen LogP contribution in [0.1, 0.15) is 0 Å². The molecular weight excluding hydrogens is 200 g/mol. The lowest BCUT2D eigenvalue weighted by molar-refractivity contribution is 0.564. The average Bonchev–Trinajstić information content (AvgIpc) is 2.16. The summed E-state index contributed by atoms with van der Waals surface area (Å²) in [5.74, 6) is 0.989. The molecule has 0 saturated heterocycles. The van der Waals surface area contributed by atoms with E-state index in [0.29, 0.717) is 0 Å². The van der Waals surface area contributed by atoms with Crippen molar-refractivity contribution in [3.05, 3.63) is 42.5 Å². The van der Waals surface area contributed by atoms with Crippen molar-refractivity contribution in [1.82, 2.24) is 0 Å². The van der Waals surface area contributed by atoms with Crippen molar-refractivity contribution in [3.8, 4) is 5.75 Å². The second-order valence-corrected chi connectivity index (χ2v) is 9.03. The van der Waals surface area contributed by atoms with Gasteiger partial charge >= 0.3 is 0 Å². The van der Waals surface area contributed by atoms with Gasteiger partial charge in [0.1, 0.15) is 5.75 Å². The summed E-state index contributed by atoms with van der Waals surface area (Å²) in [4.78, 5) is 0. The molecule has 0 aliphatic rings. The number of rotatable bonds is 2. The molecule has 0 heterocycles. The zero-order valence-corrected chi connectivity index (χ0v) is 10.4. The molecule has 1 nitrogen and oxygen atoms in total. The molecule has 0 bridgehead atoms. The third kappa shape index (κ3) is 2.39. The molecule has 0 amide bonds. The first-order valence-electron chi connectivity index (χ1n) is 5.15. The molecule has 0 aliphatic carbocycles. The van der Waals surface area contributed by atoms with Crippen molar-refractivity contribution in [1.29, 1.82) is 0 Å². The normalized spacial score (nSPS) is 11.7. The van der Waals surface area contributed by atoms with Crippen LogP contribution in [0.25, 0.3) is 10.8 Å². The lowest BCUT2D eigenvalue weighted by atomic mass is 10.1. The molecule has 0 fully saturated rings. The summed E-state index contributed by atoms with van der Waals surface area (Å²) in [6, 6.07) is 15.3. The number of hydrogen-bond acceptors (Lipinski definition) is 1. The highest BCUT2D eigenvalue weighted by Crippen LogP contribution is 2.26. The summed E-state index contributed by atoms with van der Waals surface area (Å²) in [6.07, 6.45) is 0. The van der Waals surface area contributed by atoms with Gasteiger partial charge in [-0.05, 0) is 37.2 Å². The highest BCUT2D eigenvalue weighted by Gasteiger charge is 2.17. The Bertz CT molecular complexity index is 466. The van der Waals surface area contributed by atoms with E-state index in [1.54, 1.807) is 0 Å².